The molecule has 1 spiro atoms. The third kappa shape index (κ3) is 1.87. The Kier molecular flexibility index (Phi) is 3.38. The molecule has 1 aromatic rings. The van der Waals surface area contributed by atoms with Crippen LogP contribution in [-0.2, 0) is 5.41 Å². The first-order valence-electron chi connectivity index (χ1n) is 8.37. The minimum atomic E-state index is -0.488. The predicted octanol–water partition coefficient (Wildman–Crippen LogP) is 2.22. The van der Waals surface area contributed by atoms with E-state index in [0.29, 0.717) is 12.2 Å². The molecule has 0 fully saturated rings. The highest BCUT2D eigenvalue weighted by molar-refractivity contribution is 5.64. The third-order valence-electron chi connectivity index (χ3n) is 5.80. The van der Waals surface area contributed by atoms with Crippen molar-refractivity contribution in [3.63, 3.8) is 0 Å². The summed E-state index contributed by atoms with van der Waals surface area (Å²) < 4.78 is 11.9. The molecule has 5 heteroatoms. The number of aliphatic hydroxyl groups excluding tert-OH is 1. The summed E-state index contributed by atoms with van der Waals surface area (Å²) >= 11 is 0. The van der Waals surface area contributed by atoms with Gasteiger partial charge < -0.3 is 14.6 Å². The summed E-state index contributed by atoms with van der Waals surface area (Å²) in [4.78, 5) is 2.11. The van der Waals surface area contributed by atoms with E-state index in [-0.39, 0.29) is 17.6 Å². The second-order valence-electron chi connectivity index (χ2n) is 7.08. The molecule has 0 radical (unpaired) electrons. The van der Waals surface area contributed by atoms with Crippen LogP contribution < -0.4 is 9.47 Å². The number of hydrogen-bond acceptors (Lipinski definition) is 5. The Hall–Kier alpha value is -2.03. The lowest BCUT2D eigenvalue weighted by Crippen LogP contribution is -2.42. The van der Waals surface area contributed by atoms with Gasteiger partial charge in [0.25, 0.3) is 0 Å². The van der Waals surface area contributed by atoms with Crippen LogP contribution in [0.5, 0.6) is 11.5 Å². The van der Waals surface area contributed by atoms with E-state index < -0.39 is 6.10 Å². The number of ether oxygens (including phenoxy) is 2. The van der Waals surface area contributed by atoms with Crippen LogP contribution in [0.1, 0.15) is 35.6 Å². The maximum atomic E-state index is 10.1. The Labute approximate surface area is 142 Å². The Morgan fingerprint density at radius 3 is 3.00 bits per heavy atom. The Morgan fingerprint density at radius 2 is 2.29 bits per heavy atom. The maximum absolute atomic E-state index is 10.1. The van der Waals surface area contributed by atoms with Gasteiger partial charge >= 0.3 is 0 Å². The van der Waals surface area contributed by atoms with Gasteiger partial charge in [0.05, 0.1) is 24.7 Å². The normalized spacial score (nSPS) is 33.9. The third-order valence-corrected chi connectivity index (χ3v) is 5.80. The molecule has 24 heavy (non-hydrogen) atoms. The molecule has 4 rings (SSSR count). The zero-order valence-electron chi connectivity index (χ0n) is 14.2. The minimum absolute atomic E-state index is 0.118. The molecule has 1 N–H and O–H groups in total. The van der Waals surface area contributed by atoms with Crippen LogP contribution in [0.2, 0.25) is 0 Å². The fourth-order valence-electron chi connectivity index (χ4n) is 4.55. The van der Waals surface area contributed by atoms with Gasteiger partial charge in [-0.15, -0.1) is 0 Å². The van der Waals surface area contributed by atoms with Gasteiger partial charge in [0.1, 0.15) is 12.1 Å². The van der Waals surface area contributed by atoms with Crippen molar-refractivity contribution in [1.82, 2.24) is 4.90 Å². The molecule has 1 aromatic carbocycles. The summed E-state index contributed by atoms with van der Waals surface area (Å²) in [6.07, 6.45) is 4.80. The molecule has 1 aliphatic carbocycles. The lowest BCUT2D eigenvalue weighted by atomic mass is 9.68. The van der Waals surface area contributed by atoms with E-state index >= 15 is 0 Å². The molecular formula is C19H22N2O3. The Bertz CT molecular complexity index is 767. The van der Waals surface area contributed by atoms with Crippen molar-refractivity contribution in [3.8, 4) is 17.6 Å². The van der Waals surface area contributed by atoms with Gasteiger partial charge in [-0.2, -0.15) is 5.26 Å². The predicted molar refractivity (Wildman–Crippen MR) is 89.2 cm³/mol. The molecule has 4 atom stereocenters. The van der Waals surface area contributed by atoms with Crippen molar-refractivity contribution in [2.24, 2.45) is 0 Å². The van der Waals surface area contributed by atoms with Crippen LogP contribution in [0.3, 0.4) is 0 Å². The smallest absolute Gasteiger partial charge is 0.166 e. The van der Waals surface area contributed by atoms with E-state index in [0.717, 1.165) is 35.4 Å². The monoisotopic (exact) mass is 326 g/mol. The number of methoxy groups -OCH3 is 1. The first-order chi connectivity index (χ1) is 11.5. The maximum Gasteiger partial charge on any atom is 0.166 e. The molecule has 1 unspecified atom stereocenters. The highest BCUT2D eigenvalue weighted by Crippen LogP contribution is 2.57. The van der Waals surface area contributed by atoms with Crippen molar-refractivity contribution >= 4 is 0 Å². The lowest BCUT2D eigenvalue weighted by Gasteiger charge is -2.35. The number of nitriles is 1. The number of benzene rings is 1. The van der Waals surface area contributed by atoms with Crippen LogP contribution in [0.25, 0.3) is 0 Å². The van der Waals surface area contributed by atoms with Gasteiger partial charge in [-0.3, -0.25) is 4.90 Å². The number of hydrogen-bond donors (Lipinski definition) is 1. The highest BCUT2D eigenvalue weighted by Gasteiger charge is 2.54. The molecule has 0 saturated carbocycles. The van der Waals surface area contributed by atoms with Gasteiger partial charge in [0.2, 0.25) is 0 Å². The Balaban J connectivity index is 2.05. The fraction of sp³-hybridized carbons (Fsp3) is 0.526. The molecule has 0 saturated heterocycles. The zero-order chi connectivity index (χ0) is 17.1. The van der Waals surface area contributed by atoms with Crippen molar-refractivity contribution in [1.29, 1.82) is 5.26 Å². The van der Waals surface area contributed by atoms with Crippen LogP contribution in [0.15, 0.2) is 18.2 Å². The molecule has 0 amide bonds. The number of rotatable bonds is 1. The standard InChI is InChI=1S/C19H22N2O3/c1-11-8-14(23-3)18-17-16(11)13(10-20)21(2)7-6-19(17)5-4-12(22)9-15(19)24-18/h4-5,8,12-13,15,22H,6-7,9H2,1-3H3/t12-,13?,15+,19+/m1/s1. The second-order valence-corrected chi connectivity index (χ2v) is 7.08. The summed E-state index contributed by atoms with van der Waals surface area (Å²) in [5, 5.41) is 19.9. The number of nitrogens with zero attached hydrogens (tertiary/aromatic N) is 2. The first kappa shape index (κ1) is 15.5. The number of aryl methyl sites for hydroxylation is 1. The summed E-state index contributed by atoms with van der Waals surface area (Å²) in [6.45, 7) is 2.83. The molecule has 0 aromatic heterocycles. The molecule has 0 bridgehead atoms. The SMILES string of the molecule is COc1cc(C)c2c3c1O[C@H]1C[C@H](O)C=C[C@@]31CCN(C)C2C#N. The van der Waals surface area contributed by atoms with Crippen LogP contribution in [-0.4, -0.2) is 42.9 Å². The molecule has 2 aliphatic heterocycles. The minimum Gasteiger partial charge on any atom is -0.493 e. The lowest BCUT2D eigenvalue weighted by molar-refractivity contribution is 0.0817. The zero-order valence-corrected chi connectivity index (χ0v) is 14.2. The van der Waals surface area contributed by atoms with E-state index in [1.54, 1.807) is 7.11 Å². The van der Waals surface area contributed by atoms with Crippen molar-refractivity contribution < 1.29 is 14.6 Å². The Morgan fingerprint density at radius 1 is 1.50 bits per heavy atom. The largest absolute Gasteiger partial charge is 0.493 e. The van der Waals surface area contributed by atoms with Crippen LogP contribution in [0.4, 0.5) is 0 Å². The van der Waals surface area contributed by atoms with E-state index in [2.05, 4.69) is 17.0 Å². The quantitative estimate of drug-likeness (QED) is 0.802. The molecule has 5 nitrogen and oxygen atoms in total. The van der Waals surface area contributed by atoms with Crippen molar-refractivity contribution in [2.75, 3.05) is 20.7 Å². The highest BCUT2D eigenvalue weighted by atomic mass is 16.5. The summed E-state index contributed by atoms with van der Waals surface area (Å²) in [5.41, 5.74) is 2.89. The van der Waals surface area contributed by atoms with E-state index in [9.17, 15) is 10.4 Å². The van der Waals surface area contributed by atoms with Gasteiger partial charge in [0, 0.05) is 18.5 Å². The van der Waals surface area contributed by atoms with E-state index in [4.69, 9.17) is 9.47 Å². The van der Waals surface area contributed by atoms with E-state index in [1.807, 2.05) is 26.1 Å². The van der Waals surface area contributed by atoms with E-state index in [1.165, 1.54) is 0 Å². The van der Waals surface area contributed by atoms with Crippen molar-refractivity contribution in [3.05, 3.63) is 34.9 Å². The van der Waals surface area contributed by atoms with Gasteiger partial charge in [0.15, 0.2) is 11.5 Å². The number of aliphatic hydroxyl groups is 1. The summed E-state index contributed by atoms with van der Waals surface area (Å²) in [5.74, 6) is 1.46. The summed E-state index contributed by atoms with van der Waals surface area (Å²) in [6, 6.07) is 4.12. The second kappa shape index (κ2) is 5.23. The van der Waals surface area contributed by atoms with Crippen LogP contribution >= 0.6 is 0 Å². The van der Waals surface area contributed by atoms with Gasteiger partial charge in [-0.05, 0) is 37.6 Å². The fourth-order valence-corrected chi connectivity index (χ4v) is 4.55. The van der Waals surface area contributed by atoms with Gasteiger partial charge in [-0.25, -0.2) is 0 Å². The topological polar surface area (TPSA) is 65.7 Å². The molecule has 3 aliphatic rings. The van der Waals surface area contributed by atoms with Crippen LogP contribution in [0, 0.1) is 18.3 Å². The van der Waals surface area contributed by atoms with Crippen molar-refractivity contribution in [2.45, 2.75) is 43.4 Å². The molecule has 2 heterocycles. The van der Waals surface area contributed by atoms with Gasteiger partial charge in [-0.1, -0.05) is 12.2 Å². The average molecular weight is 326 g/mol. The average Bonchev–Trinajstić information content (AvgIpc) is 2.82. The molecule has 126 valence electrons. The summed E-state index contributed by atoms with van der Waals surface area (Å²) in [7, 11) is 3.64. The first-order valence-corrected chi connectivity index (χ1v) is 8.37. The molecular weight excluding hydrogens is 304 g/mol.